The van der Waals surface area contributed by atoms with Crippen LogP contribution in [0.15, 0.2) is 36.5 Å². The molecule has 0 aliphatic carbocycles. The van der Waals surface area contributed by atoms with Crippen molar-refractivity contribution >= 4 is 0 Å². The predicted octanol–water partition coefficient (Wildman–Crippen LogP) is 1.39. The van der Waals surface area contributed by atoms with Gasteiger partial charge in [-0.15, -0.1) is 5.10 Å². The molecule has 86 valence electrons. The summed E-state index contributed by atoms with van der Waals surface area (Å²) in [6, 6.07) is 9.62. The first-order valence-electron chi connectivity index (χ1n) is 5.28. The number of hydrogen-bond donors (Lipinski definition) is 1. The van der Waals surface area contributed by atoms with Crippen LogP contribution in [-0.4, -0.2) is 25.7 Å². The van der Waals surface area contributed by atoms with E-state index in [0.717, 1.165) is 5.69 Å². The van der Waals surface area contributed by atoms with Gasteiger partial charge in [-0.1, -0.05) is 29.3 Å². The van der Waals surface area contributed by atoms with Gasteiger partial charge in [0.05, 0.1) is 11.9 Å². The van der Waals surface area contributed by atoms with Gasteiger partial charge in [0.1, 0.15) is 11.3 Å². The molecule has 0 fully saturated rings. The van der Waals surface area contributed by atoms with E-state index >= 15 is 0 Å². The lowest BCUT2D eigenvalue weighted by Gasteiger charge is -2.06. The van der Waals surface area contributed by atoms with Crippen molar-refractivity contribution in [2.75, 3.05) is 0 Å². The molecular formula is C13H13N3O. The van der Waals surface area contributed by atoms with E-state index in [1.165, 1.54) is 0 Å². The van der Waals surface area contributed by atoms with Crippen LogP contribution in [0.2, 0.25) is 0 Å². The molecule has 1 heterocycles. The maximum atomic E-state index is 9.55. The fraction of sp³-hybridized carbons (Fsp3) is 0.231. The molecule has 0 aliphatic heterocycles. The number of rotatable bonds is 1. The molecule has 0 atom stereocenters. The van der Waals surface area contributed by atoms with E-state index < -0.39 is 5.60 Å². The standard InChI is InChI=1S/C13H13N3O/c1-13(2,17)9-8-12-10-14-15-16(12)11-6-4-3-5-7-11/h3-7,10,17H,1-2H3. The summed E-state index contributed by atoms with van der Waals surface area (Å²) in [6.45, 7) is 3.27. The Morgan fingerprint density at radius 1 is 1.24 bits per heavy atom. The topological polar surface area (TPSA) is 50.9 Å². The molecule has 0 saturated carbocycles. The molecule has 0 spiro atoms. The first-order valence-corrected chi connectivity index (χ1v) is 5.28. The van der Waals surface area contributed by atoms with E-state index in [4.69, 9.17) is 0 Å². The van der Waals surface area contributed by atoms with Gasteiger partial charge in [-0.05, 0) is 31.9 Å². The van der Waals surface area contributed by atoms with Crippen molar-refractivity contribution in [1.29, 1.82) is 0 Å². The van der Waals surface area contributed by atoms with E-state index in [2.05, 4.69) is 22.2 Å². The van der Waals surface area contributed by atoms with E-state index in [9.17, 15) is 5.11 Å². The molecule has 1 N–H and O–H groups in total. The fourth-order valence-electron chi connectivity index (χ4n) is 1.30. The molecule has 1 aromatic carbocycles. The molecular weight excluding hydrogens is 214 g/mol. The van der Waals surface area contributed by atoms with Crippen LogP contribution >= 0.6 is 0 Å². The average Bonchev–Trinajstić information content (AvgIpc) is 2.75. The van der Waals surface area contributed by atoms with Gasteiger partial charge in [-0.25, -0.2) is 4.68 Å². The third-order valence-electron chi connectivity index (χ3n) is 2.05. The summed E-state index contributed by atoms with van der Waals surface area (Å²) in [5, 5.41) is 17.4. The van der Waals surface area contributed by atoms with Crippen LogP contribution in [0.1, 0.15) is 19.5 Å². The lowest BCUT2D eigenvalue weighted by atomic mass is 10.1. The van der Waals surface area contributed by atoms with Crippen molar-refractivity contribution in [3.8, 4) is 17.5 Å². The number of nitrogens with zero attached hydrogens (tertiary/aromatic N) is 3. The van der Waals surface area contributed by atoms with Gasteiger partial charge in [0.25, 0.3) is 0 Å². The molecule has 0 amide bonds. The molecule has 0 bridgehead atoms. The van der Waals surface area contributed by atoms with Crippen LogP contribution in [0.25, 0.3) is 5.69 Å². The quantitative estimate of drug-likeness (QED) is 0.749. The Morgan fingerprint density at radius 2 is 1.94 bits per heavy atom. The second-order valence-electron chi connectivity index (χ2n) is 4.18. The Hall–Kier alpha value is -2.12. The lowest BCUT2D eigenvalue weighted by Crippen LogP contribution is -2.14. The summed E-state index contributed by atoms with van der Waals surface area (Å²) in [7, 11) is 0. The minimum atomic E-state index is -1.02. The molecule has 4 nitrogen and oxygen atoms in total. The second kappa shape index (κ2) is 4.40. The SMILES string of the molecule is CC(C)(O)C#Cc1cnnn1-c1ccccc1. The molecule has 0 unspecified atom stereocenters. The van der Waals surface area contributed by atoms with Crippen LogP contribution in [0.4, 0.5) is 0 Å². The van der Waals surface area contributed by atoms with Crippen LogP contribution in [0, 0.1) is 11.8 Å². The van der Waals surface area contributed by atoms with Crippen LogP contribution in [-0.2, 0) is 0 Å². The molecule has 1 aromatic heterocycles. The highest BCUT2D eigenvalue weighted by Crippen LogP contribution is 2.08. The van der Waals surface area contributed by atoms with Gasteiger partial charge in [-0.2, -0.15) is 0 Å². The Bertz CT molecular complexity index is 556. The number of benzene rings is 1. The zero-order valence-corrected chi connectivity index (χ0v) is 9.75. The normalized spacial score (nSPS) is 10.8. The highest BCUT2D eigenvalue weighted by atomic mass is 16.3. The van der Waals surface area contributed by atoms with Crippen molar-refractivity contribution < 1.29 is 5.11 Å². The predicted molar refractivity (Wildman–Crippen MR) is 64.5 cm³/mol. The molecule has 0 aliphatic rings. The third kappa shape index (κ3) is 2.92. The average molecular weight is 227 g/mol. The Labute approximate surface area is 99.9 Å². The molecule has 2 rings (SSSR count). The van der Waals surface area contributed by atoms with Crippen LogP contribution in [0.3, 0.4) is 0 Å². The highest BCUT2D eigenvalue weighted by Gasteiger charge is 2.08. The number of hydrogen-bond acceptors (Lipinski definition) is 3. The van der Waals surface area contributed by atoms with Crippen molar-refractivity contribution in [2.45, 2.75) is 19.4 Å². The summed E-state index contributed by atoms with van der Waals surface area (Å²) in [4.78, 5) is 0. The Balaban J connectivity index is 2.39. The van der Waals surface area contributed by atoms with E-state index in [1.807, 2.05) is 30.3 Å². The molecule has 17 heavy (non-hydrogen) atoms. The maximum absolute atomic E-state index is 9.55. The Kier molecular flexibility index (Phi) is 2.94. The van der Waals surface area contributed by atoms with E-state index in [1.54, 1.807) is 24.7 Å². The monoisotopic (exact) mass is 227 g/mol. The molecule has 0 saturated heterocycles. The highest BCUT2D eigenvalue weighted by molar-refractivity contribution is 5.37. The summed E-state index contributed by atoms with van der Waals surface area (Å²) in [6.07, 6.45) is 1.58. The van der Waals surface area contributed by atoms with Gasteiger partial charge in [-0.3, -0.25) is 0 Å². The summed E-state index contributed by atoms with van der Waals surface area (Å²) in [5.41, 5.74) is 0.523. The maximum Gasteiger partial charge on any atom is 0.137 e. The van der Waals surface area contributed by atoms with Crippen molar-refractivity contribution in [3.05, 3.63) is 42.2 Å². The lowest BCUT2D eigenvalue weighted by molar-refractivity contribution is 0.143. The van der Waals surface area contributed by atoms with Gasteiger partial charge in [0.15, 0.2) is 0 Å². The van der Waals surface area contributed by atoms with Crippen molar-refractivity contribution in [2.24, 2.45) is 0 Å². The minimum Gasteiger partial charge on any atom is -0.378 e. The number of aliphatic hydroxyl groups is 1. The fourth-order valence-corrected chi connectivity index (χ4v) is 1.30. The second-order valence-corrected chi connectivity index (χ2v) is 4.18. The number of aromatic nitrogens is 3. The van der Waals surface area contributed by atoms with E-state index in [0.29, 0.717) is 5.69 Å². The zero-order valence-electron chi connectivity index (χ0n) is 9.75. The first kappa shape index (κ1) is 11.4. The first-order chi connectivity index (χ1) is 8.06. The van der Waals surface area contributed by atoms with Gasteiger partial charge in [0, 0.05) is 0 Å². The molecule has 4 heteroatoms. The summed E-state index contributed by atoms with van der Waals surface area (Å²) in [5.74, 6) is 5.61. The van der Waals surface area contributed by atoms with Crippen LogP contribution < -0.4 is 0 Å². The van der Waals surface area contributed by atoms with E-state index in [-0.39, 0.29) is 0 Å². The van der Waals surface area contributed by atoms with Gasteiger partial charge < -0.3 is 5.11 Å². The number of para-hydroxylation sites is 1. The molecule has 2 aromatic rings. The molecule has 0 radical (unpaired) electrons. The zero-order chi connectivity index (χ0) is 12.3. The Morgan fingerprint density at radius 3 is 2.59 bits per heavy atom. The van der Waals surface area contributed by atoms with Gasteiger partial charge in [0.2, 0.25) is 0 Å². The third-order valence-corrected chi connectivity index (χ3v) is 2.05. The summed E-state index contributed by atoms with van der Waals surface area (Å²) >= 11 is 0. The summed E-state index contributed by atoms with van der Waals surface area (Å²) < 4.78 is 1.64. The van der Waals surface area contributed by atoms with Gasteiger partial charge >= 0.3 is 0 Å². The van der Waals surface area contributed by atoms with Crippen molar-refractivity contribution in [1.82, 2.24) is 15.0 Å². The minimum absolute atomic E-state index is 0.651. The largest absolute Gasteiger partial charge is 0.378 e. The van der Waals surface area contributed by atoms with Crippen molar-refractivity contribution in [3.63, 3.8) is 0 Å². The van der Waals surface area contributed by atoms with Crippen LogP contribution in [0.5, 0.6) is 0 Å². The smallest absolute Gasteiger partial charge is 0.137 e.